The lowest BCUT2D eigenvalue weighted by Crippen LogP contribution is -2.12. The van der Waals surface area contributed by atoms with Crippen LogP contribution in [0.15, 0.2) is 60.9 Å². The molecule has 0 aliphatic heterocycles. The molecule has 2 heterocycles. The van der Waals surface area contributed by atoms with E-state index in [9.17, 15) is 4.79 Å². The topological polar surface area (TPSA) is 72.2 Å². The van der Waals surface area contributed by atoms with Gasteiger partial charge in [-0.25, -0.2) is 4.98 Å². The normalized spacial score (nSPS) is 10.8. The van der Waals surface area contributed by atoms with Gasteiger partial charge in [0.15, 0.2) is 5.82 Å². The molecule has 0 saturated carbocycles. The Morgan fingerprint density at radius 3 is 2.65 bits per heavy atom. The molecule has 0 spiro atoms. The van der Waals surface area contributed by atoms with Gasteiger partial charge in [-0.2, -0.15) is 0 Å². The monoisotopic (exact) mass is 343 g/mol. The van der Waals surface area contributed by atoms with Crippen molar-refractivity contribution in [3.63, 3.8) is 0 Å². The van der Waals surface area contributed by atoms with Crippen molar-refractivity contribution in [1.82, 2.24) is 19.6 Å². The molecule has 0 saturated heterocycles. The molecular weight excluding hydrogens is 326 g/mol. The molecule has 4 rings (SSSR count). The molecule has 4 aromatic rings. The molecule has 0 aliphatic rings. The van der Waals surface area contributed by atoms with Crippen molar-refractivity contribution in [3.8, 4) is 11.4 Å². The van der Waals surface area contributed by atoms with Gasteiger partial charge in [0.2, 0.25) is 0 Å². The molecule has 2 aromatic carbocycles. The van der Waals surface area contributed by atoms with Crippen molar-refractivity contribution in [2.45, 2.75) is 13.8 Å². The number of fused-ring (bicyclic) bond motifs is 1. The Bertz CT molecular complexity index is 1100. The maximum absolute atomic E-state index is 12.5. The fourth-order valence-corrected chi connectivity index (χ4v) is 2.78. The lowest BCUT2D eigenvalue weighted by Gasteiger charge is -2.09. The minimum absolute atomic E-state index is 0.141. The molecule has 26 heavy (non-hydrogen) atoms. The Labute approximate surface area is 150 Å². The summed E-state index contributed by atoms with van der Waals surface area (Å²) in [6.07, 6.45) is 3.54. The summed E-state index contributed by atoms with van der Waals surface area (Å²) in [5, 5.41) is 11.2. The van der Waals surface area contributed by atoms with Crippen molar-refractivity contribution in [3.05, 3.63) is 77.6 Å². The molecule has 6 nitrogen and oxygen atoms in total. The van der Waals surface area contributed by atoms with Crippen molar-refractivity contribution in [2.75, 3.05) is 5.32 Å². The third kappa shape index (κ3) is 2.93. The number of aromatic nitrogens is 4. The Morgan fingerprint density at radius 2 is 1.85 bits per heavy atom. The molecule has 0 bridgehead atoms. The van der Waals surface area contributed by atoms with E-state index in [1.165, 1.54) is 0 Å². The van der Waals surface area contributed by atoms with Gasteiger partial charge in [-0.1, -0.05) is 24.3 Å². The number of carbonyl (C=O) groups is 1. The molecule has 0 atom stereocenters. The van der Waals surface area contributed by atoms with Crippen LogP contribution in [-0.4, -0.2) is 25.5 Å². The summed E-state index contributed by atoms with van der Waals surface area (Å²) >= 11 is 0. The number of hydrogen-bond acceptors (Lipinski definition) is 4. The summed E-state index contributed by atoms with van der Waals surface area (Å²) in [6, 6.07) is 15.1. The van der Waals surface area contributed by atoms with E-state index in [0.717, 1.165) is 22.4 Å². The van der Waals surface area contributed by atoms with Crippen molar-refractivity contribution in [1.29, 1.82) is 0 Å². The standard InChI is InChI=1S/C20H17N5O/c1-13-4-5-14(2)17(12-13)22-19(26)16-8-6-15(7-9-16)18-23-24-20-21-10-3-11-25(18)20/h3-12H,1-2H3,(H,22,26). The van der Waals surface area contributed by atoms with Crippen LogP contribution >= 0.6 is 0 Å². The van der Waals surface area contributed by atoms with E-state index in [4.69, 9.17) is 0 Å². The molecule has 2 aromatic heterocycles. The molecule has 1 N–H and O–H groups in total. The van der Waals surface area contributed by atoms with Gasteiger partial charge in [0, 0.05) is 29.2 Å². The van der Waals surface area contributed by atoms with Crippen LogP contribution in [0, 0.1) is 13.8 Å². The number of benzene rings is 2. The maximum atomic E-state index is 12.5. The SMILES string of the molecule is Cc1ccc(C)c(NC(=O)c2ccc(-c3nnc4ncccn34)cc2)c1. The summed E-state index contributed by atoms with van der Waals surface area (Å²) < 4.78 is 1.81. The number of carbonyl (C=O) groups excluding carboxylic acids is 1. The predicted octanol–water partition coefficient (Wildman–Crippen LogP) is 3.66. The van der Waals surface area contributed by atoms with Crippen LogP contribution in [-0.2, 0) is 0 Å². The highest BCUT2D eigenvalue weighted by Crippen LogP contribution is 2.20. The van der Waals surface area contributed by atoms with Crippen molar-refractivity contribution >= 4 is 17.4 Å². The number of nitrogens with one attached hydrogen (secondary N) is 1. The first-order valence-electron chi connectivity index (χ1n) is 8.26. The molecule has 0 radical (unpaired) electrons. The largest absolute Gasteiger partial charge is 0.322 e. The first-order valence-corrected chi connectivity index (χ1v) is 8.26. The van der Waals surface area contributed by atoms with Gasteiger partial charge >= 0.3 is 0 Å². The molecule has 128 valence electrons. The van der Waals surface area contributed by atoms with Crippen LogP contribution in [0.1, 0.15) is 21.5 Å². The average molecular weight is 343 g/mol. The van der Waals surface area contributed by atoms with Crippen LogP contribution in [0.5, 0.6) is 0 Å². The molecule has 0 aliphatic carbocycles. The van der Waals surface area contributed by atoms with Crippen molar-refractivity contribution in [2.24, 2.45) is 0 Å². The molecule has 6 heteroatoms. The van der Waals surface area contributed by atoms with Gasteiger partial charge in [-0.15, -0.1) is 10.2 Å². The first kappa shape index (κ1) is 16.0. The van der Waals surface area contributed by atoms with Gasteiger partial charge in [-0.05, 0) is 49.2 Å². The van der Waals surface area contributed by atoms with Crippen LogP contribution in [0.3, 0.4) is 0 Å². The van der Waals surface area contributed by atoms with E-state index in [1.807, 2.05) is 60.8 Å². The number of amides is 1. The first-order chi connectivity index (χ1) is 12.6. The highest BCUT2D eigenvalue weighted by atomic mass is 16.1. The zero-order valence-electron chi connectivity index (χ0n) is 14.5. The van der Waals surface area contributed by atoms with Gasteiger partial charge < -0.3 is 5.32 Å². The van der Waals surface area contributed by atoms with E-state index in [2.05, 4.69) is 20.5 Å². The second kappa shape index (κ2) is 6.40. The second-order valence-corrected chi connectivity index (χ2v) is 6.16. The fraction of sp³-hybridized carbons (Fsp3) is 0.100. The van der Waals surface area contributed by atoms with E-state index in [0.29, 0.717) is 17.2 Å². The van der Waals surface area contributed by atoms with E-state index in [-0.39, 0.29) is 5.91 Å². The predicted molar refractivity (Wildman–Crippen MR) is 100 cm³/mol. The highest BCUT2D eigenvalue weighted by Gasteiger charge is 2.11. The van der Waals surface area contributed by atoms with Crippen LogP contribution in [0.2, 0.25) is 0 Å². The number of hydrogen-bond donors (Lipinski definition) is 1. The van der Waals surface area contributed by atoms with E-state index >= 15 is 0 Å². The summed E-state index contributed by atoms with van der Waals surface area (Å²) in [7, 11) is 0. The molecule has 0 unspecified atom stereocenters. The lowest BCUT2D eigenvalue weighted by molar-refractivity contribution is 0.102. The van der Waals surface area contributed by atoms with E-state index < -0.39 is 0 Å². The molecular formula is C20H17N5O. The molecule has 1 amide bonds. The quantitative estimate of drug-likeness (QED) is 0.616. The second-order valence-electron chi connectivity index (χ2n) is 6.16. The number of rotatable bonds is 3. The Balaban J connectivity index is 1.59. The van der Waals surface area contributed by atoms with Crippen LogP contribution in [0.25, 0.3) is 17.2 Å². The zero-order chi connectivity index (χ0) is 18.1. The lowest BCUT2D eigenvalue weighted by atomic mass is 10.1. The zero-order valence-corrected chi connectivity index (χ0v) is 14.5. The average Bonchev–Trinajstić information content (AvgIpc) is 3.09. The van der Waals surface area contributed by atoms with Gasteiger partial charge in [0.1, 0.15) is 0 Å². The summed E-state index contributed by atoms with van der Waals surface area (Å²) in [6.45, 7) is 3.98. The Kier molecular flexibility index (Phi) is 3.93. The maximum Gasteiger partial charge on any atom is 0.255 e. The van der Waals surface area contributed by atoms with Crippen molar-refractivity contribution < 1.29 is 4.79 Å². The van der Waals surface area contributed by atoms with Gasteiger partial charge in [0.25, 0.3) is 11.7 Å². The van der Waals surface area contributed by atoms with Crippen LogP contribution in [0.4, 0.5) is 5.69 Å². The van der Waals surface area contributed by atoms with Gasteiger partial charge in [-0.3, -0.25) is 9.20 Å². The van der Waals surface area contributed by atoms with Crippen LogP contribution < -0.4 is 5.32 Å². The smallest absolute Gasteiger partial charge is 0.255 e. The fourth-order valence-electron chi connectivity index (χ4n) is 2.78. The highest BCUT2D eigenvalue weighted by molar-refractivity contribution is 6.04. The third-order valence-corrected chi connectivity index (χ3v) is 4.24. The summed E-state index contributed by atoms with van der Waals surface area (Å²) in [5.74, 6) is 1.09. The number of aryl methyl sites for hydroxylation is 2. The summed E-state index contributed by atoms with van der Waals surface area (Å²) in [5.41, 5.74) is 4.42. The number of nitrogens with zero attached hydrogens (tertiary/aromatic N) is 4. The Hall–Kier alpha value is -3.54. The number of anilines is 1. The third-order valence-electron chi connectivity index (χ3n) is 4.24. The molecule has 0 fully saturated rings. The minimum Gasteiger partial charge on any atom is -0.322 e. The minimum atomic E-state index is -0.141. The van der Waals surface area contributed by atoms with E-state index in [1.54, 1.807) is 18.3 Å². The summed E-state index contributed by atoms with van der Waals surface area (Å²) in [4.78, 5) is 16.7. The Morgan fingerprint density at radius 1 is 1.04 bits per heavy atom. The van der Waals surface area contributed by atoms with Gasteiger partial charge in [0.05, 0.1) is 0 Å².